The molecule has 0 unspecified atom stereocenters. The van der Waals surface area contributed by atoms with Crippen LogP contribution >= 0.6 is 0 Å². The molecule has 19 heavy (non-hydrogen) atoms. The Labute approximate surface area is 110 Å². The minimum absolute atomic E-state index is 0.235. The number of anilines is 1. The SMILES string of the molecule is CCCc1cc(C(=O)O)cc(NCc2ccno2)n1. The largest absolute Gasteiger partial charge is 0.478 e. The van der Waals surface area contributed by atoms with Gasteiger partial charge in [-0.15, -0.1) is 0 Å². The highest BCUT2D eigenvalue weighted by atomic mass is 16.5. The van der Waals surface area contributed by atoms with Gasteiger partial charge in [-0.2, -0.15) is 0 Å². The number of carbonyl (C=O) groups is 1. The number of nitrogens with zero attached hydrogens (tertiary/aromatic N) is 2. The predicted octanol–water partition coefficient (Wildman–Crippen LogP) is 2.33. The average Bonchev–Trinajstić information content (AvgIpc) is 2.89. The first-order valence-corrected chi connectivity index (χ1v) is 6.06. The van der Waals surface area contributed by atoms with E-state index in [1.54, 1.807) is 18.3 Å². The number of carboxylic acids is 1. The van der Waals surface area contributed by atoms with Gasteiger partial charge in [0.25, 0.3) is 0 Å². The number of hydrogen-bond acceptors (Lipinski definition) is 5. The van der Waals surface area contributed by atoms with Crippen LogP contribution in [0, 0.1) is 0 Å². The lowest BCUT2D eigenvalue weighted by molar-refractivity contribution is 0.0696. The van der Waals surface area contributed by atoms with Crippen molar-refractivity contribution in [2.75, 3.05) is 5.32 Å². The third-order valence-electron chi connectivity index (χ3n) is 2.57. The number of hydrogen-bond donors (Lipinski definition) is 2. The van der Waals surface area contributed by atoms with Crippen LogP contribution in [-0.2, 0) is 13.0 Å². The Bertz CT molecular complexity index is 552. The van der Waals surface area contributed by atoms with Crippen LogP contribution in [0.15, 0.2) is 28.9 Å². The summed E-state index contributed by atoms with van der Waals surface area (Å²) in [5.74, 6) is 0.238. The Morgan fingerprint density at radius 3 is 2.95 bits per heavy atom. The van der Waals surface area contributed by atoms with E-state index in [-0.39, 0.29) is 5.56 Å². The number of nitrogens with one attached hydrogen (secondary N) is 1. The molecular weight excluding hydrogens is 246 g/mol. The van der Waals surface area contributed by atoms with E-state index in [2.05, 4.69) is 15.5 Å². The third kappa shape index (κ3) is 3.54. The lowest BCUT2D eigenvalue weighted by Gasteiger charge is -2.07. The number of aromatic carboxylic acids is 1. The van der Waals surface area contributed by atoms with Gasteiger partial charge in [0.05, 0.1) is 18.3 Å². The number of rotatable bonds is 6. The molecule has 0 aromatic carbocycles. The van der Waals surface area contributed by atoms with Crippen molar-refractivity contribution in [1.82, 2.24) is 10.1 Å². The molecule has 0 bridgehead atoms. The summed E-state index contributed by atoms with van der Waals surface area (Å²) in [6, 6.07) is 4.85. The quantitative estimate of drug-likeness (QED) is 0.829. The summed E-state index contributed by atoms with van der Waals surface area (Å²) in [4.78, 5) is 15.4. The highest BCUT2D eigenvalue weighted by Gasteiger charge is 2.08. The van der Waals surface area contributed by atoms with Gasteiger partial charge in [0, 0.05) is 11.8 Å². The first kappa shape index (κ1) is 13.1. The molecule has 0 saturated carbocycles. The normalized spacial score (nSPS) is 10.4. The van der Waals surface area contributed by atoms with Gasteiger partial charge in [-0.05, 0) is 18.6 Å². The van der Waals surface area contributed by atoms with Crippen LogP contribution in [-0.4, -0.2) is 21.2 Å². The molecule has 0 saturated heterocycles. The minimum atomic E-state index is -0.956. The van der Waals surface area contributed by atoms with Crippen molar-refractivity contribution in [3.8, 4) is 0 Å². The van der Waals surface area contributed by atoms with Gasteiger partial charge in [0.1, 0.15) is 5.82 Å². The predicted molar refractivity (Wildman–Crippen MR) is 69.0 cm³/mol. The molecule has 0 aliphatic heterocycles. The molecule has 0 aliphatic rings. The molecule has 0 spiro atoms. The standard InChI is InChI=1S/C13H15N3O3/c1-2-3-10-6-9(13(17)18)7-12(16-10)14-8-11-4-5-15-19-11/h4-7H,2-3,8H2,1H3,(H,14,16)(H,17,18). The van der Waals surface area contributed by atoms with E-state index >= 15 is 0 Å². The first-order valence-electron chi connectivity index (χ1n) is 6.06. The fraction of sp³-hybridized carbons (Fsp3) is 0.308. The Morgan fingerprint density at radius 1 is 1.47 bits per heavy atom. The van der Waals surface area contributed by atoms with E-state index in [0.29, 0.717) is 18.1 Å². The first-order chi connectivity index (χ1) is 9.19. The Balaban J connectivity index is 2.16. The van der Waals surface area contributed by atoms with Gasteiger partial charge < -0.3 is 14.9 Å². The van der Waals surface area contributed by atoms with Crippen molar-refractivity contribution in [3.05, 3.63) is 41.4 Å². The highest BCUT2D eigenvalue weighted by Crippen LogP contribution is 2.13. The van der Waals surface area contributed by atoms with E-state index in [4.69, 9.17) is 9.63 Å². The van der Waals surface area contributed by atoms with Gasteiger partial charge in [-0.3, -0.25) is 0 Å². The average molecular weight is 261 g/mol. The van der Waals surface area contributed by atoms with Gasteiger partial charge in [-0.25, -0.2) is 9.78 Å². The summed E-state index contributed by atoms with van der Waals surface area (Å²) >= 11 is 0. The summed E-state index contributed by atoms with van der Waals surface area (Å²) in [6.45, 7) is 2.44. The lowest BCUT2D eigenvalue weighted by atomic mass is 10.1. The van der Waals surface area contributed by atoms with Crippen LogP contribution in [0.3, 0.4) is 0 Å². The molecule has 2 rings (SSSR count). The molecule has 0 aliphatic carbocycles. The van der Waals surface area contributed by atoms with E-state index in [1.807, 2.05) is 6.92 Å². The van der Waals surface area contributed by atoms with Crippen LogP contribution in [0.25, 0.3) is 0 Å². The molecular formula is C13H15N3O3. The maximum atomic E-state index is 11.1. The molecule has 0 atom stereocenters. The molecule has 6 nitrogen and oxygen atoms in total. The third-order valence-corrected chi connectivity index (χ3v) is 2.57. The second-order valence-corrected chi connectivity index (χ2v) is 4.12. The fourth-order valence-electron chi connectivity index (χ4n) is 1.70. The van der Waals surface area contributed by atoms with Gasteiger partial charge in [0.15, 0.2) is 5.76 Å². The molecule has 6 heteroatoms. The van der Waals surface area contributed by atoms with Crippen molar-refractivity contribution in [2.45, 2.75) is 26.3 Å². The Hall–Kier alpha value is -2.37. The number of pyridine rings is 1. The zero-order valence-corrected chi connectivity index (χ0v) is 10.6. The summed E-state index contributed by atoms with van der Waals surface area (Å²) in [6.07, 6.45) is 3.22. The summed E-state index contributed by atoms with van der Waals surface area (Å²) in [5, 5.41) is 15.7. The van der Waals surface area contributed by atoms with E-state index < -0.39 is 5.97 Å². The number of aromatic nitrogens is 2. The zero-order valence-electron chi connectivity index (χ0n) is 10.6. The molecule has 0 amide bonds. The smallest absolute Gasteiger partial charge is 0.335 e. The second kappa shape index (κ2) is 5.99. The van der Waals surface area contributed by atoms with Gasteiger partial charge >= 0.3 is 5.97 Å². The molecule has 2 N–H and O–H groups in total. The topological polar surface area (TPSA) is 88.2 Å². The van der Waals surface area contributed by atoms with Crippen molar-refractivity contribution < 1.29 is 14.4 Å². The molecule has 2 aromatic heterocycles. The zero-order chi connectivity index (χ0) is 13.7. The Morgan fingerprint density at radius 2 is 2.32 bits per heavy atom. The fourth-order valence-corrected chi connectivity index (χ4v) is 1.70. The molecule has 100 valence electrons. The van der Waals surface area contributed by atoms with Crippen molar-refractivity contribution in [3.63, 3.8) is 0 Å². The molecule has 2 aromatic rings. The summed E-state index contributed by atoms with van der Waals surface area (Å²) in [7, 11) is 0. The minimum Gasteiger partial charge on any atom is -0.478 e. The van der Waals surface area contributed by atoms with Crippen molar-refractivity contribution in [1.29, 1.82) is 0 Å². The van der Waals surface area contributed by atoms with Crippen LogP contribution < -0.4 is 5.32 Å². The maximum Gasteiger partial charge on any atom is 0.335 e. The molecule has 0 fully saturated rings. The van der Waals surface area contributed by atoms with Gasteiger partial charge in [0.2, 0.25) is 0 Å². The van der Waals surface area contributed by atoms with E-state index in [0.717, 1.165) is 18.5 Å². The van der Waals surface area contributed by atoms with Crippen molar-refractivity contribution >= 4 is 11.8 Å². The van der Waals surface area contributed by atoms with Crippen LogP contribution in [0.4, 0.5) is 5.82 Å². The van der Waals surface area contributed by atoms with Crippen LogP contribution in [0.5, 0.6) is 0 Å². The maximum absolute atomic E-state index is 11.1. The van der Waals surface area contributed by atoms with Crippen LogP contribution in [0.1, 0.15) is 35.2 Å². The van der Waals surface area contributed by atoms with Crippen LogP contribution in [0.2, 0.25) is 0 Å². The van der Waals surface area contributed by atoms with E-state index in [1.165, 1.54) is 6.07 Å². The van der Waals surface area contributed by atoms with Gasteiger partial charge in [-0.1, -0.05) is 18.5 Å². The van der Waals surface area contributed by atoms with E-state index in [9.17, 15) is 4.79 Å². The van der Waals surface area contributed by atoms with Crippen molar-refractivity contribution in [2.24, 2.45) is 0 Å². The summed E-state index contributed by atoms with van der Waals surface area (Å²) < 4.78 is 4.95. The molecule has 2 heterocycles. The summed E-state index contributed by atoms with van der Waals surface area (Å²) in [5.41, 5.74) is 1.00. The second-order valence-electron chi connectivity index (χ2n) is 4.12. The molecule has 0 radical (unpaired) electrons. The monoisotopic (exact) mass is 261 g/mol. The number of aryl methyl sites for hydroxylation is 1. The number of carboxylic acid groups (broad SMARTS) is 1. The lowest BCUT2D eigenvalue weighted by Crippen LogP contribution is -2.06. The Kier molecular flexibility index (Phi) is 4.12. The highest BCUT2D eigenvalue weighted by molar-refractivity contribution is 5.88.